The number of hydrogen-bond acceptors (Lipinski definition) is 2. The number of hydrogen-bond donors (Lipinski definition) is 1. The van der Waals surface area contributed by atoms with Gasteiger partial charge in [-0.1, -0.05) is 6.92 Å². The van der Waals surface area contributed by atoms with Crippen molar-refractivity contribution in [2.75, 3.05) is 13.1 Å². The van der Waals surface area contributed by atoms with E-state index in [1.165, 1.54) is 0 Å². The van der Waals surface area contributed by atoms with Crippen molar-refractivity contribution in [3.63, 3.8) is 0 Å². The van der Waals surface area contributed by atoms with Gasteiger partial charge in [0.1, 0.15) is 6.04 Å². The molecule has 4 heteroatoms. The SMILES string of the molecule is CCC(=O)N[C@@H](C)C(=O)N1CCCC1. The van der Waals surface area contributed by atoms with E-state index in [0.717, 1.165) is 25.9 Å². The van der Waals surface area contributed by atoms with Crippen LogP contribution in [0.4, 0.5) is 0 Å². The predicted molar refractivity (Wildman–Crippen MR) is 53.7 cm³/mol. The highest BCUT2D eigenvalue weighted by Gasteiger charge is 2.23. The number of nitrogens with zero attached hydrogens (tertiary/aromatic N) is 1. The Bertz CT molecular complexity index is 222. The van der Waals surface area contributed by atoms with E-state index in [1.807, 2.05) is 4.90 Å². The zero-order valence-corrected chi connectivity index (χ0v) is 8.88. The van der Waals surface area contributed by atoms with Crippen molar-refractivity contribution in [1.29, 1.82) is 0 Å². The monoisotopic (exact) mass is 198 g/mol. The number of carbonyl (C=O) groups excluding carboxylic acids is 2. The van der Waals surface area contributed by atoms with E-state index in [2.05, 4.69) is 5.32 Å². The third kappa shape index (κ3) is 2.72. The van der Waals surface area contributed by atoms with E-state index in [-0.39, 0.29) is 17.9 Å². The Balaban J connectivity index is 2.39. The van der Waals surface area contributed by atoms with E-state index in [1.54, 1.807) is 13.8 Å². The fourth-order valence-electron chi connectivity index (χ4n) is 1.62. The third-order valence-corrected chi connectivity index (χ3v) is 2.49. The highest BCUT2D eigenvalue weighted by molar-refractivity contribution is 5.87. The van der Waals surface area contributed by atoms with E-state index < -0.39 is 0 Å². The Kier molecular flexibility index (Phi) is 3.92. The number of amides is 2. The van der Waals surface area contributed by atoms with Crippen molar-refractivity contribution >= 4 is 11.8 Å². The molecule has 1 heterocycles. The van der Waals surface area contributed by atoms with Gasteiger partial charge in [-0.15, -0.1) is 0 Å². The molecule has 1 rings (SSSR count). The van der Waals surface area contributed by atoms with Gasteiger partial charge in [-0.2, -0.15) is 0 Å². The molecule has 1 aliphatic rings. The predicted octanol–water partition coefficient (Wildman–Crippen LogP) is 0.523. The van der Waals surface area contributed by atoms with Crippen LogP contribution in [-0.4, -0.2) is 35.8 Å². The van der Waals surface area contributed by atoms with Gasteiger partial charge in [-0.3, -0.25) is 9.59 Å². The summed E-state index contributed by atoms with van der Waals surface area (Å²) in [6.45, 7) is 5.20. The summed E-state index contributed by atoms with van der Waals surface area (Å²) in [5.74, 6) is -0.0191. The molecule has 2 amide bonds. The van der Waals surface area contributed by atoms with Crippen LogP contribution in [0.3, 0.4) is 0 Å². The van der Waals surface area contributed by atoms with Crippen LogP contribution in [0.5, 0.6) is 0 Å². The number of carbonyl (C=O) groups is 2. The molecular formula is C10H18N2O2. The molecule has 0 aromatic rings. The molecule has 4 nitrogen and oxygen atoms in total. The molecule has 0 spiro atoms. The Hall–Kier alpha value is -1.06. The van der Waals surface area contributed by atoms with Crippen molar-refractivity contribution in [3.05, 3.63) is 0 Å². The topological polar surface area (TPSA) is 49.4 Å². The van der Waals surface area contributed by atoms with Gasteiger partial charge in [0, 0.05) is 19.5 Å². The summed E-state index contributed by atoms with van der Waals surface area (Å²) in [5.41, 5.74) is 0. The highest BCUT2D eigenvalue weighted by Crippen LogP contribution is 2.08. The lowest BCUT2D eigenvalue weighted by Gasteiger charge is -2.20. The minimum atomic E-state index is -0.374. The molecule has 0 unspecified atom stereocenters. The zero-order valence-electron chi connectivity index (χ0n) is 8.88. The van der Waals surface area contributed by atoms with Crippen molar-refractivity contribution in [1.82, 2.24) is 10.2 Å². The molecule has 0 saturated carbocycles. The Labute approximate surface area is 84.7 Å². The first-order chi connectivity index (χ1) is 6.65. The number of rotatable bonds is 3. The highest BCUT2D eigenvalue weighted by atomic mass is 16.2. The van der Waals surface area contributed by atoms with Crippen LogP contribution in [0.1, 0.15) is 33.1 Å². The van der Waals surface area contributed by atoms with Crippen molar-refractivity contribution in [2.45, 2.75) is 39.2 Å². The molecule has 1 atom stereocenters. The number of nitrogens with one attached hydrogen (secondary N) is 1. The summed E-state index contributed by atoms with van der Waals surface area (Å²) in [5, 5.41) is 2.68. The second-order valence-electron chi connectivity index (χ2n) is 3.68. The standard InChI is InChI=1S/C10H18N2O2/c1-3-9(13)11-8(2)10(14)12-6-4-5-7-12/h8H,3-7H2,1-2H3,(H,11,13)/t8-/m0/s1. The van der Waals surface area contributed by atoms with Gasteiger partial charge >= 0.3 is 0 Å². The van der Waals surface area contributed by atoms with E-state index in [4.69, 9.17) is 0 Å². The molecule has 0 bridgehead atoms. The summed E-state index contributed by atoms with van der Waals surface area (Å²) >= 11 is 0. The average molecular weight is 198 g/mol. The van der Waals surface area contributed by atoms with Crippen molar-refractivity contribution < 1.29 is 9.59 Å². The molecule has 1 N–H and O–H groups in total. The molecule has 0 aliphatic carbocycles. The maximum atomic E-state index is 11.7. The van der Waals surface area contributed by atoms with Crippen LogP contribution >= 0.6 is 0 Å². The van der Waals surface area contributed by atoms with Gasteiger partial charge in [0.05, 0.1) is 0 Å². The summed E-state index contributed by atoms with van der Waals surface area (Å²) in [6.07, 6.45) is 2.60. The summed E-state index contributed by atoms with van der Waals surface area (Å²) < 4.78 is 0. The van der Waals surface area contributed by atoms with Crippen LogP contribution in [0, 0.1) is 0 Å². The molecule has 1 aliphatic heterocycles. The van der Waals surface area contributed by atoms with Gasteiger partial charge < -0.3 is 10.2 Å². The summed E-state index contributed by atoms with van der Waals surface area (Å²) in [4.78, 5) is 24.6. The third-order valence-electron chi connectivity index (χ3n) is 2.49. The molecular weight excluding hydrogens is 180 g/mol. The first-order valence-electron chi connectivity index (χ1n) is 5.23. The molecule has 14 heavy (non-hydrogen) atoms. The fraction of sp³-hybridized carbons (Fsp3) is 0.800. The minimum Gasteiger partial charge on any atom is -0.345 e. The Morgan fingerprint density at radius 3 is 2.43 bits per heavy atom. The Morgan fingerprint density at radius 2 is 1.93 bits per heavy atom. The van der Waals surface area contributed by atoms with Crippen LogP contribution in [0.25, 0.3) is 0 Å². The molecule has 0 radical (unpaired) electrons. The van der Waals surface area contributed by atoms with Crippen LogP contribution in [0.15, 0.2) is 0 Å². The normalized spacial score (nSPS) is 18.0. The molecule has 0 aromatic heterocycles. The lowest BCUT2D eigenvalue weighted by molar-refractivity contribution is -0.135. The largest absolute Gasteiger partial charge is 0.345 e. The second kappa shape index (κ2) is 4.98. The maximum absolute atomic E-state index is 11.7. The molecule has 80 valence electrons. The summed E-state index contributed by atoms with van der Waals surface area (Å²) in [7, 11) is 0. The second-order valence-corrected chi connectivity index (χ2v) is 3.68. The number of likely N-dealkylation sites (tertiary alicyclic amines) is 1. The average Bonchev–Trinajstić information content (AvgIpc) is 2.69. The quantitative estimate of drug-likeness (QED) is 0.719. The van der Waals surface area contributed by atoms with Gasteiger partial charge in [0.25, 0.3) is 0 Å². The van der Waals surface area contributed by atoms with Gasteiger partial charge in [-0.25, -0.2) is 0 Å². The minimum absolute atomic E-state index is 0.0456. The van der Waals surface area contributed by atoms with E-state index in [9.17, 15) is 9.59 Å². The van der Waals surface area contributed by atoms with Crippen LogP contribution in [-0.2, 0) is 9.59 Å². The van der Waals surface area contributed by atoms with Crippen LogP contribution < -0.4 is 5.32 Å². The Morgan fingerprint density at radius 1 is 1.36 bits per heavy atom. The lowest BCUT2D eigenvalue weighted by atomic mass is 10.3. The molecule has 1 saturated heterocycles. The zero-order chi connectivity index (χ0) is 10.6. The smallest absolute Gasteiger partial charge is 0.244 e. The van der Waals surface area contributed by atoms with Gasteiger partial charge in [-0.05, 0) is 19.8 Å². The summed E-state index contributed by atoms with van der Waals surface area (Å²) in [6, 6.07) is -0.374. The maximum Gasteiger partial charge on any atom is 0.244 e. The van der Waals surface area contributed by atoms with Crippen molar-refractivity contribution in [2.24, 2.45) is 0 Å². The van der Waals surface area contributed by atoms with Crippen LogP contribution in [0.2, 0.25) is 0 Å². The lowest BCUT2D eigenvalue weighted by Crippen LogP contribution is -2.45. The van der Waals surface area contributed by atoms with Gasteiger partial charge in [0.2, 0.25) is 11.8 Å². The van der Waals surface area contributed by atoms with Gasteiger partial charge in [0.15, 0.2) is 0 Å². The molecule has 1 fully saturated rings. The first kappa shape index (κ1) is 11.0. The van der Waals surface area contributed by atoms with Crippen molar-refractivity contribution in [3.8, 4) is 0 Å². The van der Waals surface area contributed by atoms with E-state index in [0.29, 0.717) is 6.42 Å². The fourth-order valence-corrected chi connectivity index (χ4v) is 1.62. The molecule has 0 aromatic carbocycles. The first-order valence-corrected chi connectivity index (χ1v) is 5.23. The van der Waals surface area contributed by atoms with E-state index >= 15 is 0 Å².